The molecule has 1 aliphatic heterocycles. The third-order valence-electron chi connectivity index (χ3n) is 5.93. The Morgan fingerprint density at radius 3 is 2.48 bits per heavy atom. The highest BCUT2D eigenvalue weighted by Gasteiger charge is 2.31. The van der Waals surface area contributed by atoms with E-state index in [-0.39, 0.29) is 11.7 Å². The predicted molar refractivity (Wildman–Crippen MR) is 112 cm³/mol. The summed E-state index contributed by atoms with van der Waals surface area (Å²) in [7, 11) is 0. The van der Waals surface area contributed by atoms with Crippen molar-refractivity contribution in [2.75, 3.05) is 13.1 Å². The van der Waals surface area contributed by atoms with E-state index in [1.165, 1.54) is 6.07 Å². The molecule has 8 heteroatoms. The van der Waals surface area contributed by atoms with Crippen LogP contribution in [0.1, 0.15) is 41.4 Å². The topological polar surface area (TPSA) is 76.8 Å². The predicted octanol–water partition coefficient (Wildman–Crippen LogP) is 3.74. The minimum atomic E-state index is -0.320. The van der Waals surface area contributed by atoms with E-state index < -0.39 is 0 Å². The molecule has 0 spiro atoms. The number of halogens is 1. The van der Waals surface area contributed by atoms with Crippen LogP contribution in [-0.4, -0.2) is 48.6 Å². The largest absolute Gasteiger partial charge is 0.337 e. The molecule has 7 nitrogen and oxygen atoms in total. The molecule has 1 saturated heterocycles. The third kappa shape index (κ3) is 3.06. The Morgan fingerprint density at radius 2 is 1.81 bits per heavy atom. The van der Waals surface area contributed by atoms with Gasteiger partial charge in [-0.3, -0.25) is 9.78 Å². The molecular formula is C23H19FN6O. The smallest absolute Gasteiger partial charge is 0.272 e. The van der Waals surface area contributed by atoms with E-state index in [9.17, 15) is 9.18 Å². The number of carbonyl (C=O) groups is 1. The first kappa shape index (κ1) is 18.1. The summed E-state index contributed by atoms with van der Waals surface area (Å²) in [6.07, 6.45) is 8.14. The van der Waals surface area contributed by atoms with Crippen LogP contribution in [0.25, 0.3) is 28.0 Å². The lowest BCUT2D eigenvalue weighted by Gasteiger charge is -2.30. The Morgan fingerprint density at radius 1 is 1.03 bits per heavy atom. The molecule has 1 saturated carbocycles. The Labute approximate surface area is 177 Å². The van der Waals surface area contributed by atoms with Gasteiger partial charge in [0, 0.05) is 54.1 Å². The summed E-state index contributed by atoms with van der Waals surface area (Å²) >= 11 is 0. The van der Waals surface area contributed by atoms with Gasteiger partial charge in [0.2, 0.25) is 0 Å². The molecule has 1 aliphatic carbocycles. The first-order valence-corrected chi connectivity index (χ1v) is 10.4. The van der Waals surface area contributed by atoms with Crippen LogP contribution in [0.15, 0.2) is 48.9 Å². The summed E-state index contributed by atoms with van der Waals surface area (Å²) in [5.74, 6) is 0.398. The molecule has 4 aromatic rings. The first-order valence-electron chi connectivity index (χ1n) is 10.4. The minimum absolute atomic E-state index is 0.0651. The maximum Gasteiger partial charge on any atom is 0.272 e. The quantitative estimate of drug-likeness (QED) is 0.508. The molecule has 0 N–H and O–H groups in total. The van der Waals surface area contributed by atoms with Gasteiger partial charge in [-0.25, -0.2) is 14.4 Å². The van der Waals surface area contributed by atoms with Crippen molar-refractivity contribution in [2.24, 2.45) is 0 Å². The van der Waals surface area contributed by atoms with E-state index in [0.717, 1.165) is 48.9 Å². The van der Waals surface area contributed by atoms with Crippen molar-refractivity contribution in [3.63, 3.8) is 0 Å². The van der Waals surface area contributed by atoms with Crippen molar-refractivity contribution in [2.45, 2.75) is 25.2 Å². The number of amides is 1. The number of nitrogens with zero attached hydrogens (tertiary/aromatic N) is 6. The van der Waals surface area contributed by atoms with Crippen LogP contribution < -0.4 is 0 Å². The second-order valence-corrected chi connectivity index (χ2v) is 8.06. The van der Waals surface area contributed by atoms with Gasteiger partial charge in [0.15, 0.2) is 0 Å². The van der Waals surface area contributed by atoms with Crippen LogP contribution in [-0.2, 0) is 0 Å². The SMILES string of the molecule is O=C(c1cc2c(cn1)c(C1CC1)nn2-c1ncc(-c2ccccc2F)cn1)N1CCC1. The fourth-order valence-electron chi connectivity index (χ4n) is 3.91. The average molecular weight is 414 g/mol. The number of pyridine rings is 1. The second-order valence-electron chi connectivity index (χ2n) is 8.06. The van der Waals surface area contributed by atoms with Crippen molar-refractivity contribution in [1.82, 2.24) is 29.6 Å². The van der Waals surface area contributed by atoms with Crippen LogP contribution >= 0.6 is 0 Å². The number of hydrogen-bond acceptors (Lipinski definition) is 5. The molecule has 6 rings (SSSR count). The Kier molecular flexibility index (Phi) is 4.05. The molecular weight excluding hydrogens is 395 g/mol. The van der Waals surface area contributed by atoms with Crippen LogP contribution in [0.3, 0.4) is 0 Å². The van der Waals surface area contributed by atoms with Crippen LogP contribution in [0.4, 0.5) is 4.39 Å². The Bertz CT molecular complexity index is 1310. The van der Waals surface area contributed by atoms with Gasteiger partial charge < -0.3 is 4.90 Å². The van der Waals surface area contributed by atoms with Gasteiger partial charge in [-0.05, 0) is 31.4 Å². The van der Waals surface area contributed by atoms with Crippen molar-refractivity contribution < 1.29 is 9.18 Å². The zero-order valence-corrected chi connectivity index (χ0v) is 16.7. The standard InChI is InChI=1S/C23H19FN6O/c24-18-5-2-1-4-16(18)15-11-26-23(27-12-15)30-20-10-19(22(31)29-8-3-9-29)25-13-17(20)21(28-30)14-6-7-14/h1-2,4-5,10-14H,3,6-9H2. The first-order chi connectivity index (χ1) is 15.2. The lowest BCUT2D eigenvalue weighted by molar-refractivity contribution is 0.0646. The Hall–Kier alpha value is -3.68. The van der Waals surface area contributed by atoms with Crippen molar-refractivity contribution >= 4 is 16.8 Å². The van der Waals surface area contributed by atoms with Gasteiger partial charge in [0.1, 0.15) is 11.5 Å². The molecule has 154 valence electrons. The number of benzene rings is 1. The summed E-state index contributed by atoms with van der Waals surface area (Å²) in [6, 6.07) is 8.32. The highest BCUT2D eigenvalue weighted by atomic mass is 19.1. The van der Waals surface area contributed by atoms with Gasteiger partial charge in [-0.2, -0.15) is 9.78 Å². The minimum Gasteiger partial charge on any atom is -0.337 e. The van der Waals surface area contributed by atoms with Gasteiger partial charge in [0.05, 0.1) is 11.2 Å². The summed E-state index contributed by atoms with van der Waals surface area (Å²) < 4.78 is 15.8. The second kappa shape index (κ2) is 6.94. The van der Waals surface area contributed by atoms with Gasteiger partial charge in [-0.1, -0.05) is 18.2 Å². The molecule has 0 atom stereocenters. The number of carbonyl (C=O) groups excluding carboxylic acids is 1. The maximum absolute atomic E-state index is 14.1. The summed E-state index contributed by atoms with van der Waals surface area (Å²) in [5, 5.41) is 5.69. The summed E-state index contributed by atoms with van der Waals surface area (Å²) in [5.41, 5.74) is 3.17. The zero-order valence-electron chi connectivity index (χ0n) is 16.7. The van der Waals surface area contributed by atoms with Crippen LogP contribution in [0.2, 0.25) is 0 Å². The van der Waals surface area contributed by atoms with E-state index in [1.54, 1.807) is 52.4 Å². The van der Waals surface area contributed by atoms with Crippen molar-refractivity contribution in [3.8, 4) is 17.1 Å². The average Bonchev–Trinajstić information content (AvgIpc) is 3.53. The molecule has 2 aliphatic rings. The molecule has 3 aromatic heterocycles. The Balaban J connectivity index is 1.44. The molecule has 31 heavy (non-hydrogen) atoms. The van der Waals surface area contributed by atoms with Crippen molar-refractivity contribution in [3.05, 3.63) is 66.1 Å². The number of likely N-dealkylation sites (tertiary alicyclic amines) is 1. The normalized spacial score (nSPS) is 15.8. The number of aromatic nitrogens is 5. The van der Waals surface area contributed by atoms with Gasteiger partial charge in [0.25, 0.3) is 11.9 Å². The van der Waals surface area contributed by atoms with Gasteiger partial charge in [-0.15, -0.1) is 0 Å². The molecule has 0 unspecified atom stereocenters. The zero-order chi connectivity index (χ0) is 20.9. The monoisotopic (exact) mass is 414 g/mol. The van der Waals surface area contributed by atoms with E-state index >= 15 is 0 Å². The fraction of sp³-hybridized carbons (Fsp3) is 0.261. The number of hydrogen-bond donors (Lipinski definition) is 0. The lowest BCUT2D eigenvalue weighted by atomic mass is 10.1. The van der Waals surface area contributed by atoms with Crippen LogP contribution in [0.5, 0.6) is 0 Å². The van der Waals surface area contributed by atoms with E-state index in [4.69, 9.17) is 5.10 Å². The number of fused-ring (bicyclic) bond motifs is 1. The lowest BCUT2D eigenvalue weighted by Crippen LogP contribution is -2.42. The third-order valence-corrected chi connectivity index (χ3v) is 5.93. The highest BCUT2D eigenvalue weighted by Crippen LogP contribution is 2.42. The van der Waals surface area contributed by atoms with Crippen LogP contribution in [0, 0.1) is 5.82 Å². The van der Waals surface area contributed by atoms with Gasteiger partial charge >= 0.3 is 0 Å². The summed E-state index contributed by atoms with van der Waals surface area (Å²) in [6.45, 7) is 1.54. The molecule has 1 amide bonds. The molecule has 4 heterocycles. The van der Waals surface area contributed by atoms with E-state index in [1.807, 2.05) is 0 Å². The van der Waals surface area contributed by atoms with E-state index in [0.29, 0.717) is 28.7 Å². The molecule has 1 aromatic carbocycles. The molecule has 0 radical (unpaired) electrons. The summed E-state index contributed by atoms with van der Waals surface area (Å²) in [4.78, 5) is 27.8. The molecule has 0 bridgehead atoms. The molecule has 2 fully saturated rings. The fourth-order valence-corrected chi connectivity index (χ4v) is 3.91. The van der Waals surface area contributed by atoms with E-state index in [2.05, 4.69) is 15.0 Å². The van der Waals surface area contributed by atoms with Crippen molar-refractivity contribution in [1.29, 1.82) is 0 Å². The number of rotatable bonds is 4. The maximum atomic E-state index is 14.1. The highest BCUT2D eigenvalue weighted by molar-refractivity contribution is 5.96.